The van der Waals surface area contributed by atoms with Gasteiger partial charge in [-0.3, -0.25) is 0 Å². The summed E-state index contributed by atoms with van der Waals surface area (Å²) in [4.78, 5) is 0. The van der Waals surface area contributed by atoms with Crippen LogP contribution in [0.2, 0.25) is 0 Å². The van der Waals surface area contributed by atoms with E-state index >= 15 is 0 Å². The summed E-state index contributed by atoms with van der Waals surface area (Å²) in [7, 11) is 0. The van der Waals surface area contributed by atoms with Crippen molar-refractivity contribution in [1.82, 2.24) is 0 Å². The topological polar surface area (TPSA) is 24.1 Å². The first-order valence-corrected chi connectivity index (χ1v) is 15.7. The Balaban J connectivity index is 1.24. The molecule has 1 aliphatic rings. The standard InChI is InChI=1S/C44H34N2/c1-5-13-34(14-6-1)43(35-15-7-2-8-16-35)31-33-21-23-37(24-22-33)44-32-41(46-39-19-11-4-12-20-39)29-30-42(44)36-25-27-40(28-26-36)45-38-17-9-3-10-18-38/h1-21,23-30,32,45-46H,22H2. The molecule has 0 fully saturated rings. The van der Waals surface area contributed by atoms with Crippen LogP contribution in [0.1, 0.15) is 23.1 Å². The minimum absolute atomic E-state index is 0.796. The fourth-order valence-corrected chi connectivity index (χ4v) is 5.74. The van der Waals surface area contributed by atoms with E-state index in [9.17, 15) is 0 Å². The Kier molecular flexibility index (Phi) is 8.54. The van der Waals surface area contributed by atoms with Crippen molar-refractivity contribution in [3.63, 3.8) is 0 Å². The van der Waals surface area contributed by atoms with Gasteiger partial charge >= 0.3 is 0 Å². The van der Waals surface area contributed by atoms with Crippen molar-refractivity contribution in [2.24, 2.45) is 0 Å². The highest BCUT2D eigenvalue weighted by Crippen LogP contribution is 2.36. The van der Waals surface area contributed by atoms with E-state index in [0.717, 1.165) is 51.4 Å². The van der Waals surface area contributed by atoms with Crippen LogP contribution in [0.3, 0.4) is 0 Å². The van der Waals surface area contributed by atoms with E-state index in [1.54, 1.807) is 0 Å². The molecule has 0 aliphatic heterocycles. The zero-order chi connectivity index (χ0) is 31.0. The molecule has 220 valence electrons. The SMILES string of the molecule is C(=C1C=CC(c2cc(Nc3ccccc3)ccc2-c2ccc(Nc3ccccc3)cc2)=CC1)=C(c1ccccc1)c1ccccc1. The van der Waals surface area contributed by atoms with Gasteiger partial charge in [0.05, 0.1) is 0 Å². The highest BCUT2D eigenvalue weighted by molar-refractivity contribution is 5.89. The van der Waals surface area contributed by atoms with Crippen molar-refractivity contribution >= 4 is 33.9 Å². The molecule has 6 aromatic carbocycles. The minimum atomic E-state index is 0.796. The largest absolute Gasteiger partial charge is 0.356 e. The fraction of sp³-hybridized carbons (Fsp3) is 0.0227. The number of nitrogens with one attached hydrogen (secondary N) is 2. The summed E-state index contributed by atoms with van der Waals surface area (Å²) in [5.41, 5.74) is 17.4. The van der Waals surface area contributed by atoms with E-state index in [2.05, 4.69) is 174 Å². The second kappa shape index (κ2) is 13.7. The van der Waals surface area contributed by atoms with Crippen molar-refractivity contribution in [2.75, 3.05) is 10.6 Å². The lowest BCUT2D eigenvalue weighted by atomic mass is 9.89. The molecule has 0 aromatic heterocycles. The molecule has 0 atom stereocenters. The molecule has 46 heavy (non-hydrogen) atoms. The van der Waals surface area contributed by atoms with Crippen LogP contribution in [0.4, 0.5) is 22.7 Å². The normalized spacial score (nSPS) is 12.2. The zero-order valence-corrected chi connectivity index (χ0v) is 25.5. The Hall–Kier alpha value is -6.08. The van der Waals surface area contributed by atoms with Gasteiger partial charge in [0.25, 0.3) is 0 Å². The van der Waals surface area contributed by atoms with Gasteiger partial charge in [-0.1, -0.05) is 133 Å². The fourth-order valence-electron chi connectivity index (χ4n) is 5.74. The number of anilines is 4. The second-order valence-corrected chi connectivity index (χ2v) is 11.3. The lowest BCUT2D eigenvalue weighted by molar-refractivity contribution is 1.27. The summed E-state index contributed by atoms with van der Waals surface area (Å²) in [6.45, 7) is 0. The molecule has 0 unspecified atom stereocenters. The molecule has 0 spiro atoms. The Labute approximate surface area is 271 Å². The molecule has 2 N–H and O–H groups in total. The van der Waals surface area contributed by atoms with Crippen LogP contribution >= 0.6 is 0 Å². The molecule has 7 rings (SSSR count). The first-order valence-electron chi connectivity index (χ1n) is 15.7. The van der Waals surface area contributed by atoms with Crippen molar-refractivity contribution in [2.45, 2.75) is 6.42 Å². The highest BCUT2D eigenvalue weighted by atomic mass is 14.9. The van der Waals surface area contributed by atoms with E-state index in [1.165, 1.54) is 22.3 Å². The molecule has 0 saturated carbocycles. The van der Waals surface area contributed by atoms with Crippen LogP contribution < -0.4 is 10.6 Å². The Morgan fingerprint density at radius 2 is 0.957 bits per heavy atom. The maximum atomic E-state index is 3.76. The minimum Gasteiger partial charge on any atom is -0.356 e. The second-order valence-electron chi connectivity index (χ2n) is 11.3. The Bertz CT molecular complexity index is 2010. The van der Waals surface area contributed by atoms with Gasteiger partial charge in [0.1, 0.15) is 0 Å². The molecule has 6 aromatic rings. The number of hydrogen-bond donors (Lipinski definition) is 2. The van der Waals surface area contributed by atoms with Crippen molar-refractivity contribution < 1.29 is 0 Å². The van der Waals surface area contributed by atoms with Gasteiger partial charge < -0.3 is 10.6 Å². The first-order chi connectivity index (χ1) is 22.8. The average Bonchev–Trinajstić information content (AvgIpc) is 3.13. The lowest BCUT2D eigenvalue weighted by Crippen LogP contribution is -1.96. The van der Waals surface area contributed by atoms with Crippen LogP contribution in [-0.4, -0.2) is 0 Å². The highest BCUT2D eigenvalue weighted by Gasteiger charge is 2.13. The van der Waals surface area contributed by atoms with Crippen LogP contribution in [0.5, 0.6) is 0 Å². The van der Waals surface area contributed by atoms with Crippen molar-refractivity contribution in [3.05, 3.63) is 210 Å². The number of allylic oxidation sites excluding steroid dienone is 5. The van der Waals surface area contributed by atoms with Gasteiger partial charge in [0, 0.05) is 28.3 Å². The molecular formula is C44H34N2. The van der Waals surface area contributed by atoms with E-state index in [0.29, 0.717) is 0 Å². The van der Waals surface area contributed by atoms with Crippen molar-refractivity contribution in [3.8, 4) is 11.1 Å². The monoisotopic (exact) mass is 590 g/mol. The predicted octanol–water partition coefficient (Wildman–Crippen LogP) is 11.8. The quantitative estimate of drug-likeness (QED) is 0.172. The van der Waals surface area contributed by atoms with Crippen LogP contribution in [0.25, 0.3) is 22.3 Å². The van der Waals surface area contributed by atoms with Gasteiger partial charge in [-0.05, 0) is 93.9 Å². The van der Waals surface area contributed by atoms with Gasteiger partial charge in [0.2, 0.25) is 0 Å². The number of hydrogen-bond acceptors (Lipinski definition) is 2. The van der Waals surface area contributed by atoms with Gasteiger partial charge in [-0.2, -0.15) is 0 Å². The third-order valence-electron chi connectivity index (χ3n) is 8.07. The van der Waals surface area contributed by atoms with Crippen molar-refractivity contribution in [1.29, 1.82) is 0 Å². The molecular weight excluding hydrogens is 556 g/mol. The summed E-state index contributed by atoms with van der Waals surface area (Å²) >= 11 is 0. The summed E-state index contributed by atoms with van der Waals surface area (Å²) in [5.74, 6) is 0. The molecule has 0 heterocycles. The summed E-state index contributed by atoms with van der Waals surface area (Å²) < 4.78 is 0. The molecule has 0 bridgehead atoms. The molecule has 0 radical (unpaired) electrons. The predicted molar refractivity (Wildman–Crippen MR) is 195 cm³/mol. The molecule has 2 nitrogen and oxygen atoms in total. The number of para-hydroxylation sites is 2. The molecule has 1 aliphatic carbocycles. The zero-order valence-electron chi connectivity index (χ0n) is 25.5. The van der Waals surface area contributed by atoms with Gasteiger partial charge in [0.15, 0.2) is 0 Å². The maximum absolute atomic E-state index is 3.76. The summed E-state index contributed by atoms with van der Waals surface area (Å²) in [6, 6.07) is 57.0. The van der Waals surface area contributed by atoms with Crippen LogP contribution in [0, 0.1) is 0 Å². The van der Waals surface area contributed by atoms with E-state index in [1.807, 2.05) is 24.3 Å². The summed E-state index contributed by atoms with van der Waals surface area (Å²) in [6.07, 6.45) is 7.57. The number of rotatable bonds is 8. The number of benzene rings is 6. The third-order valence-corrected chi connectivity index (χ3v) is 8.07. The Morgan fingerprint density at radius 3 is 1.50 bits per heavy atom. The van der Waals surface area contributed by atoms with E-state index in [-0.39, 0.29) is 0 Å². The maximum Gasteiger partial charge on any atom is 0.0390 e. The Morgan fingerprint density at radius 1 is 0.457 bits per heavy atom. The first kappa shape index (κ1) is 28.7. The molecule has 2 heteroatoms. The smallest absolute Gasteiger partial charge is 0.0390 e. The molecule has 0 amide bonds. The van der Waals surface area contributed by atoms with E-state index < -0.39 is 0 Å². The lowest BCUT2D eigenvalue weighted by Gasteiger charge is -2.17. The van der Waals surface area contributed by atoms with E-state index in [4.69, 9.17) is 0 Å². The van der Waals surface area contributed by atoms with Gasteiger partial charge in [-0.15, -0.1) is 5.73 Å². The van der Waals surface area contributed by atoms with Crippen LogP contribution in [-0.2, 0) is 0 Å². The molecule has 0 saturated heterocycles. The third kappa shape index (κ3) is 6.84. The van der Waals surface area contributed by atoms with Gasteiger partial charge in [-0.25, -0.2) is 0 Å². The summed E-state index contributed by atoms with van der Waals surface area (Å²) in [5, 5.41) is 7.08. The van der Waals surface area contributed by atoms with Crippen LogP contribution in [0.15, 0.2) is 193 Å². The average molecular weight is 591 g/mol.